The molecule has 1 aromatic heterocycles. The number of benzene rings is 2. The zero-order valence-electron chi connectivity index (χ0n) is 16.8. The third-order valence-corrected chi connectivity index (χ3v) is 4.15. The van der Waals surface area contributed by atoms with Crippen LogP contribution in [0.25, 0.3) is 16.5 Å². The molecule has 0 aliphatic heterocycles. The largest absolute Gasteiger partial charge is 0.448 e. The van der Waals surface area contributed by atoms with E-state index in [9.17, 15) is 14.4 Å². The van der Waals surface area contributed by atoms with Crippen LogP contribution in [0.2, 0.25) is 0 Å². The second kappa shape index (κ2) is 7.87. The van der Waals surface area contributed by atoms with Crippen LogP contribution in [-0.2, 0) is 9.53 Å². The lowest BCUT2D eigenvalue weighted by Crippen LogP contribution is -2.46. The first-order chi connectivity index (χ1) is 13.7. The van der Waals surface area contributed by atoms with Gasteiger partial charge in [-0.15, -0.1) is 0 Å². The van der Waals surface area contributed by atoms with Crippen molar-refractivity contribution in [3.8, 4) is 5.69 Å². The second-order valence-electron chi connectivity index (χ2n) is 7.73. The minimum atomic E-state index is -1.01. The highest BCUT2D eigenvalue weighted by Crippen LogP contribution is 2.17. The Morgan fingerprint density at radius 1 is 1.00 bits per heavy atom. The number of amides is 1. The van der Waals surface area contributed by atoms with E-state index in [2.05, 4.69) is 10.4 Å². The van der Waals surface area contributed by atoms with Crippen molar-refractivity contribution >= 4 is 22.6 Å². The number of esters is 1. The summed E-state index contributed by atoms with van der Waals surface area (Å²) in [6.07, 6.45) is -1.01. The van der Waals surface area contributed by atoms with Crippen molar-refractivity contribution in [2.75, 3.05) is 0 Å². The summed E-state index contributed by atoms with van der Waals surface area (Å²) in [5.74, 6) is -1.19. The number of hydrogen-bond donors (Lipinski definition) is 1. The van der Waals surface area contributed by atoms with Crippen LogP contribution in [0.3, 0.4) is 0 Å². The lowest BCUT2D eigenvalue weighted by molar-refractivity contribution is -0.130. The summed E-state index contributed by atoms with van der Waals surface area (Å²) >= 11 is 0. The number of hydrogen-bond acceptors (Lipinski definition) is 5. The van der Waals surface area contributed by atoms with Gasteiger partial charge in [0.25, 0.3) is 11.5 Å². The molecule has 0 aliphatic rings. The molecule has 0 spiro atoms. The van der Waals surface area contributed by atoms with E-state index in [1.54, 1.807) is 48.5 Å². The third kappa shape index (κ3) is 4.51. The molecular formula is C22H23N3O4. The third-order valence-electron chi connectivity index (χ3n) is 4.15. The van der Waals surface area contributed by atoms with Gasteiger partial charge in [-0.2, -0.15) is 9.78 Å². The normalized spacial score (nSPS) is 12.4. The van der Waals surface area contributed by atoms with Gasteiger partial charge in [-0.1, -0.05) is 36.4 Å². The molecule has 29 heavy (non-hydrogen) atoms. The lowest BCUT2D eigenvalue weighted by atomic mass is 10.1. The minimum absolute atomic E-state index is 0.0283. The number of ether oxygens (including phenoxy) is 1. The van der Waals surface area contributed by atoms with Crippen LogP contribution in [0.1, 0.15) is 38.2 Å². The Morgan fingerprint density at radius 2 is 1.59 bits per heavy atom. The van der Waals surface area contributed by atoms with Crippen LogP contribution in [0.15, 0.2) is 59.4 Å². The Balaban J connectivity index is 2.02. The molecule has 3 aromatic rings. The van der Waals surface area contributed by atoms with E-state index in [0.29, 0.717) is 16.5 Å². The molecule has 7 heteroatoms. The summed E-state index contributed by atoms with van der Waals surface area (Å²) in [6, 6.07) is 15.5. The van der Waals surface area contributed by atoms with Crippen molar-refractivity contribution < 1.29 is 14.3 Å². The van der Waals surface area contributed by atoms with E-state index >= 15 is 0 Å². The number of rotatable bonds is 4. The van der Waals surface area contributed by atoms with E-state index in [1.807, 2.05) is 26.8 Å². The molecule has 0 fully saturated rings. The summed E-state index contributed by atoms with van der Waals surface area (Å²) < 4.78 is 6.52. The fraction of sp³-hybridized carbons (Fsp3) is 0.273. The number of aromatic nitrogens is 2. The van der Waals surface area contributed by atoms with Gasteiger partial charge in [0.2, 0.25) is 0 Å². The molecule has 0 unspecified atom stereocenters. The number of carbonyl (C=O) groups excluding carboxylic acids is 2. The monoisotopic (exact) mass is 393 g/mol. The zero-order chi connectivity index (χ0) is 21.2. The van der Waals surface area contributed by atoms with Crippen LogP contribution in [0.5, 0.6) is 0 Å². The van der Waals surface area contributed by atoms with Gasteiger partial charge in [-0.05, 0) is 45.9 Å². The average Bonchev–Trinajstić information content (AvgIpc) is 2.67. The van der Waals surface area contributed by atoms with Crippen molar-refractivity contribution in [1.29, 1.82) is 0 Å². The predicted molar refractivity (Wildman–Crippen MR) is 110 cm³/mol. The second-order valence-corrected chi connectivity index (χ2v) is 7.73. The van der Waals surface area contributed by atoms with Gasteiger partial charge in [0.1, 0.15) is 0 Å². The summed E-state index contributed by atoms with van der Waals surface area (Å²) in [5, 5.41) is 7.73. The molecule has 1 N–H and O–H groups in total. The van der Waals surface area contributed by atoms with E-state index in [1.165, 1.54) is 11.6 Å². The van der Waals surface area contributed by atoms with Crippen molar-refractivity contribution in [2.45, 2.75) is 39.3 Å². The highest BCUT2D eigenvalue weighted by Gasteiger charge is 2.25. The smallest absolute Gasteiger partial charge is 0.360 e. The number of carbonyl (C=O) groups is 2. The standard InChI is InChI=1S/C22H23N3O4/c1-14(19(26)23-22(2,3)4)29-21(28)18-16-12-8-9-13-17(16)20(27)25(24-18)15-10-6-5-7-11-15/h5-14H,1-4H3,(H,23,26)/t14-/m0/s1. The number of para-hydroxylation sites is 1. The van der Waals surface area contributed by atoms with Gasteiger partial charge in [-0.3, -0.25) is 9.59 Å². The van der Waals surface area contributed by atoms with Crippen molar-refractivity contribution in [2.24, 2.45) is 0 Å². The van der Waals surface area contributed by atoms with Crippen LogP contribution < -0.4 is 10.9 Å². The molecule has 0 aliphatic carbocycles. The van der Waals surface area contributed by atoms with Gasteiger partial charge < -0.3 is 10.1 Å². The Hall–Kier alpha value is -3.48. The summed E-state index contributed by atoms with van der Waals surface area (Å²) in [7, 11) is 0. The van der Waals surface area contributed by atoms with E-state index in [4.69, 9.17) is 4.74 Å². The molecule has 7 nitrogen and oxygen atoms in total. The van der Waals surface area contributed by atoms with Crippen LogP contribution in [0, 0.1) is 0 Å². The van der Waals surface area contributed by atoms with Gasteiger partial charge in [0.15, 0.2) is 11.8 Å². The SMILES string of the molecule is C[C@H](OC(=O)c1nn(-c2ccccc2)c(=O)c2ccccc12)C(=O)NC(C)(C)C. The van der Waals surface area contributed by atoms with Crippen LogP contribution >= 0.6 is 0 Å². The zero-order valence-corrected chi connectivity index (χ0v) is 16.8. The number of fused-ring (bicyclic) bond motifs is 1. The van der Waals surface area contributed by atoms with Gasteiger partial charge in [0, 0.05) is 10.9 Å². The van der Waals surface area contributed by atoms with Crippen molar-refractivity contribution in [3.63, 3.8) is 0 Å². The Bertz CT molecular complexity index is 1110. The van der Waals surface area contributed by atoms with Crippen molar-refractivity contribution in [3.05, 3.63) is 70.6 Å². The lowest BCUT2D eigenvalue weighted by Gasteiger charge is -2.23. The van der Waals surface area contributed by atoms with Gasteiger partial charge in [0.05, 0.1) is 11.1 Å². The summed E-state index contributed by atoms with van der Waals surface area (Å²) in [4.78, 5) is 38.0. The predicted octanol–water partition coefficient (Wildman–Crippen LogP) is 2.85. The Kier molecular flexibility index (Phi) is 5.50. The first-order valence-electron chi connectivity index (χ1n) is 9.28. The Labute approximate surface area is 168 Å². The first kappa shape index (κ1) is 20.3. The fourth-order valence-electron chi connectivity index (χ4n) is 2.83. The van der Waals surface area contributed by atoms with Gasteiger partial charge >= 0.3 is 5.97 Å². The molecule has 0 radical (unpaired) electrons. The fourth-order valence-corrected chi connectivity index (χ4v) is 2.83. The molecule has 1 atom stereocenters. The maximum Gasteiger partial charge on any atom is 0.360 e. The van der Waals surface area contributed by atoms with E-state index in [-0.39, 0.29) is 11.3 Å². The highest BCUT2D eigenvalue weighted by molar-refractivity contribution is 6.03. The number of nitrogens with one attached hydrogen (secondary N) is 1. The minimum Gasteiger partial charge on any atom is -0.448 e. The first-order valence-corrected chi connectivity index (χ1v) is 9.28. The molecule has 150 valence electrons. The maximum atomic E-state index is 12.9. The van der Waals surface area contributed by atoms with E-state index in [0.717, 1.165) is 0 Å². The summed E-state index contributed by atoms with van der Waals surface area (Å²) in [5.41, 5.74) is -0.305. The molecule has 1 heterocycles. The van der Waals surface area contributed by atoms with Crippen LogP contribution in [0.4, 0.5) is 0 Å². The molecule has 1 amide bonds. The quantitative estimate of drug-likeness (QED) is 0.689. The van der Waals surface area contributed by atoms with E-state index < -0.39 is 23.5 Å². The molecule has 0 bridgehead atoms. The van der Waals surface area contributed by atoms with Crippen molar-refractivity contribution in [1.82, 2.24) is 15.1 Å². The molecule has 2 aromatic carbocycles. The van der Waals surface area contributed by atoms with Crippen LogP contribution in [-0.4, -0.2) is 33.3 Å². The maximum absolute atomic E-state index is 12.9. The molecule has 0 saturated heterocycles. The molecule has 0 saturated carbocycles. The summed E-state index contributed by atoms with van der Waals surface area (Å²) in [6.45, 7) is 7.01. The average molecular weight is 393 g/mol. The highest BCUT2D eigenvalue weighted by atomic mass is 16.5. The molecule has 3 rings (SSSR count). The molecular weight excluding hydrogens is 370 g/mol. The topological polar surface area (TPSA) is 90.3 Å². The number of nitrogens with zero attached hydrogens (tertiary/aromatic N) is 2. The Morgan fingerprint density at radius 3 is 2.21 bits per heavy atom. The van der Waals surface area contributed by atoms with Gasteiger partial charge in [-0.25, -0.2) is 4.79 Å².